The molecule has 140 valence electrons. The number of nitrogens with one attached hydrogen (secondary N) is 1. The van der Waals surface area contributed by atoms with Crippen LogP contribution in [0.4, 0.5) is 5.69 Å². The van der Waals surface area contributed by atoms with E-state index in [1.165, 1.54) is 5.69 Å². The Morgan fingerprint density at radius 3 is 2.68 bits per heavy atom. The van der Waals surface area contributed by atoms with Crippen LogP contribution in [0.15, 0.2) is 41.4 Å². The van der Waals surface area contributed by atoms with Crippen LogP contribution in [0.2, 0.25) is 5.02 Å². The van der Waals surface area contributed by atoms with E-state index in [4.69, 9.17) is 17.3 Å². The molecule has 3 N–H and O–H groups in total. The number of anilines is 1. The lowest BCUT2D eigenvalue weighted by molar-refractivity contribution is 0.255. The van der Waals surface area contributed by atoms with E-state index in [0.717, 1.165) is 56.3 Å². The number of nitrogens with zero attached hydrogens (tertiary/aromatic N) is 3. The lowest BCUT2D eigenvalue weighted by atomic mass is 10.2. The molecule has 1 saturated heterocycles. The lowest BCUT2D eigenvalue weighted by Gasteiger charge is -2.36. The topological polar surface area (TPSA) is 56.9 Å². The van der Waals surface area contributed by atoms with Crippen LogP contribution in [0.3, 0.4) is 0 Å². The molecule has 0 aromatic heterocycles. The molecule has 0 radical (unpaired) electrons. The number of hydrogen-bond donors (Lipinski definition) is 2. The van der Waals surface area contributed by atoms with Crippen LogP contribution in [0.5, 0.6) is 0 Å². The maximum Gasteiger partial charge on any atom is 0.188 e. The van der Waals surface area contributed by atoms with Gasteiger partial charge in [-0.2, -0.15) is 0 Å². The zero-order valence-electron chi connectivity index (χ0n) is 14.9. The van der Waals surface area contributed by atoms with Crippen molar-refractivity contribution in [2.24, 2.45) is 10.7 Å². The Hall–Kier alpha value is -0.990. The highest BCUT2D eigenvalue weighted by Gasteiger charge is 2.16. The number of guanidine groups is 1. The first-order chi connectivity index (χ1) is 11.5. The van der Waals surface area contributed by atoms with Gasteiger partial charge in [0.2, 0.25) is 0 Å². The van der Waals surface area contributed by atoms with E-state index in [9.17, 15) is 0 Å². The Labute approximate surface area is 173 Å². The van der Waals surface area contributed by atoms with Crippen molar-refractivity contribution in [3.8, 4) is 0 Å². The molecule has 2 rings (SSSR count). The second-order valence-corrected chi connectivity index (χ2v) is 6.68. The predicted octanol–water partition coefficient (Wildman–Crippen LogP) is 2.95. The molecule has 0 aliphatic carbocycles. The molecule has 0 atom stereocenters. The zero-order chi connectivity index (χ0) is 17.4. The summed E-state index contributed by atoms with van der Waals surface area (Å²) >= 11 is 6.07. The Kier molecular flexibility index (Phi) is 10.2. The van der Waals surface area contributed by atoms with Gasteiger partial charge in [0.05, 0.1) is 6.54 Å². The standard InChI is InChI=1S/C18H28ClN5.HI/c1-15(2)14-22-18(20)21-7-4-8-23-9-11-24(12-10-23)17-6-3-5-16(19)13-17;/h3,5-6,13H,1,4,7-12,14H2,2H3,(H3,20,21,22);1H. The number of halogens is 2. The summed E-state index contributed by atoms with van der Waals surface area (Å²) in [5.41, 5.74) is 8.03. The van der Waals surface area contributed by atoms with Crippen molar-refractivity contribution in [1.82, 2.24) is 10.2 Å². The summed E-state index contributed by atoms with van der Waals surface area (Å²) in [6.07, 6.45) is 1.06. The first-order valence-corrected chi connectivity index (χ1v) is 8.83. The van der Waals surface area contributed by atoms with Crippen LogP contribution in [0.25, 0.3) is 0 Å². The first kappa shape index (κ1) is 22.1. The highest BCUT2D eigenvalue weighted by molar-refractivity contribution is 14.0. The molecule has 25 heavy (non-hydrogen) atoms. The molecule has 1 heterocycles. The van der Waals surface area contributed by atoms with Crippen LogP contribution < -0.4 is 16.0 Å². The average molecular weight is 478 g/mol. The molecule has 0 saturated carbocycles. The zero-order valence-corrected chi connectivity index (χ0v) is 18.0. The molecule has 0 amide bonds. The maximum atomic E-state index is 6.07. The molecule has 1 aromatic carbocycles. The van der Waals surface area contributed by atoms with Crippen molar-refractivity contribution in [2.75, 3.05) is 50.7 Å². The molecule has 1 fully saturated rings. The van der Waals surface area contributed by atoms with Gasteiger partial charge < -0.3 is 16.0 Å². The van der Waals surface area contributed by atoms with Crippen molar-refractivity contribution < 1.29 is 0 Å². The average Bonchev–Trinajstić information content (AvgIpc) is 2.57. The van der Waals surface area contributed by atoms with Gasteiger partial charge in [-0.1, -0.05) is 29.8 Å². The molecular weight excluding hydrogens is 449 g/mol. The second kappa shape index (κ2) is 11.6. The van der Waals surface area contributed by atoms with Crippen LogP contribution in [-0.2, 0) is 0 Å². The number of nitrogens with two attached hydrogens (primary N) is 1. The van der Waals surface area contributed by atoms with Gasteiger partial charge in [0, 0.05) is 43.4 Å². The van der Waals surface area contributed by atoms with E-state index < -0.39 is 0 Å². The largest absolute Gasteiger partial charge is 0.370 e. The fourth-order valence-corrected chi connectivity index (χ4v) is 2.88. The number of hydrogen-bond acceptors (Lipinski definition) is 3. The van der Waals surface area contributed by atoms with Crippen LogP contribution in [0.1, 0.15) is 13.3 Å². The number of piperazine rings is 1. The molecular formula is C18H29ClIN5. The van der Waals surface area contributed by atoms with Gasteiger partial charge >= 0.3 is 0 Å². The summed E-state index contributed by atoms with van der Waals surface area (Å²) in [4.78, 5) is 9.09. The summed E-state index contributed by atoms with van der Waals surface area (Å²) in [5, 5.41) is 3.95. The Balaban J connectivity index is 0.00000312. The third-order valence-electron chi connectivity index (χ3n) is 4.02. The smallest absolute Gasteiger partial charge is 0.188 e. The molecule has 1 aromatic rings. The minimum atomic E-state index is 0. The Morgan fingerprint density at radius 1 is 1.32 bits per heavy atom. The van der Waals surface area contributed by atoms with Gasteiger partial charge in [-0.25, -0.2) is 4.99 Å². The summed E-state index contributed by atoms with van der Waals surface area (Å²) < 4.78 is 0. The minimum absolute atomic E-state index is 0. The van der Waals surface area contributed by atoms with Crippen molar-refractivity contribution in [1.29, 1.82) is 0 Å². The van der Waals surface area contributed by atoms with Gasteiger partial charge in [-0.15, -0.1) is 24.0 Å². The van der Waals surface area contributed by atoms with Crippen LogP contribution in [0, 0.1) is 0 Å². The highest BCUT2D eigenvalue weighted by Crippen LogP contribution is 2.20. The lowest BCUT2D eigenvalue weighted by Crippen LogP contribution is -2.47. The first-order valence-electron chi connectivity index (χ1n) is 8.45. The molecule has 1 aliphatic heterocycles. The molecule has 7 heteroatoms. The normalized spacial score (nSPS) is 15.6. The third kappa shape index (κ3) is 8.29. The Bertz CT molecular complexity index is 570. The maximum absolute atomic E-state index is 6.07. The summed E-state index contributed by atoms with van der Waals surface area (Å²) in [6, 6.07) is 8.09. The van der Waals surface area contributed by atoms with Crippen molar-refractivity contribution in [3.05, 3.63) is 41.4 Å². The molecule has 5 nitrogen and oxygen atoms in total. The Morgan fingerprint density at radius 2 is 2.04 bits per heavy atom. The third-order valence-corrected chi connectivity index (χ3v) is 4.26. The van der Waals surface area contributed by atoms with Gasteiger partial charge in [0.1, 0.15) is 0 Å². The monoisotopic (exact) mass is 477 g/mol. The number of benzene rings is 1. The summed E-state index contributed by atoms with van der Waals surface area (Å²) in [6.45, 7) is 12.5. The van der Waals surface area contributed by atoms with E-state index in [1.54, 1.807) is 0 Å². The van der Waals surface area contributed by atoms with Crippen molar-refractivity contribution in [3.63, 3.8) is 0 Å². The fraction of sp³-hybridized carbons (Fsp3) is 0.500. The molecule has 0 bridgehead atoms. The van der Waals surface area contributed by atoms with Gasteiger partial charge in [0.15, 0.2) is 5.96 Å². The van der Waals surface area contributed by atoms with E-state index >= 15 is 0 Å². The van der Waals surface area contributed by atoms with E-state index in [-0.39, 0.29) is 24.0 Å². The van der Waals surface area contributed by atoms with E-state index in [0.29, 0.717) is 12.5 Å². The van der Waals surface area contributed by atoms with Gasteiger partial charge in [-0.05, 0) is 38.1 Å². The molecule has 0 unspecified atom stereocenters. The van der Waals surface area contributed by atoms with Crippen LogP contribution >= 0.6 is 35.6 Å². The van der Waals surface area contributed by atoms with Crippen molar-refractivity contribution in [2.45, 2.75) is 13.3 Å². The van der Waals surface area contributed by atoms with Crippen molar-refractivity contribution >= 4 is 47.2 Å². The van der Waals surface area contributed by atoms with Gasteiger partial charge in [-0.3, -0.25) is 4.90 Å². The highest BCUT2D eigenvalue weighted by atomic mass is 127. The predicted molar refractivity (Wildman–Crippen MR) is 119 cm³/mol. The summed E-state index contributed by atoms with van der Waals surface area (Å²) in [7, 11) is 0. The van der Waals surface area contributed by atoms with Gasteiger partial charge in [0.25, 0.3) is 0 Å². The fourth-order valence-electron chi connectivity index (χ4n) is 2.70. The summed E-state index contributed by atoms with van der Waals surface area (Å²) in [5.74, 6) is 0.503. The number of aliphatic imine (C=N–C) groups is 1. The number of rotatable bonds is 7. The second-order valence-electron chi connectivity index (χ2n) is 6.25. The molecule has 0 spiro atoms. The van der Waals surface area contributed by atoms with E-state index in [2.05, 4.69) is 32.8 Å². The van der Waals surface area contributed by atoms with E-state index in [1.807, 2.05) is 25.1 Å². The molecule has 1 aliphatic rings. The quantitative estimate of drug-likeness (QED) is 0.208. The minimum Gasteiger partial charge on any atom is -0.370 e. The van der Waals surface area contributed by atoms with Crippen LogP contribution in [-0.4, -0.2) is 56.7 Å². The SMILES string of the molecule is C=C(C)CN=C(N)NCCCN1CCN(c2cccc(Cl)c2)CC1.I.